The largest absolute Gasteiger partial charge is 0.456 e. The maximum Gasteiger partial charge on any atom is 0.165 e. The highest BCUT2D eigenvalue weighted by Gasteiger charge is 2.20. The van der Waals surface area contributed by atoms with Crippen LogP contribution in [0.5, 0.6) is 0 Å². The Balaban J connectivity index is 1.21. The van der Waals surface area contributed by atoms with Gasteiger partial charge in [-0.2, -0.15) is 0 Å². The predicted molar refractivity (Wildman–Crippen MR) is 191 cm³/mol. The number of benzene rings is 7. The quantitative estimate of drug-likeness (QED) is 0.196. The second-order valence-electron chi connectivity index (χ2n) is 11.7. The molecule has 0 aliphatic heterocycles. The van der Waals surface area contributed by atoms with Crippen molar-refractivity contribution in [1.29, 1.82) is 0 Å². The average Bonchev–Trinajstić information content (AvgIpc) is 3.70. The molecular weight excluding hydrogens is 602 g/mol. The highest BCUT2D eigenvalue weighted by molar-refractivity contribution is 6.39. The maximum atomic E-state index is 7.20. The van der Waals surface area contributed by atoms with E-state index in [1.165, 1.54) is 0 Å². The third kappa shape index (κ3) is 4.07. The van der Waals surface area contributed by atoms with Gasteiger partial charge >= 0.3 is 0 Å². The molecule has 6 heteroatoms. The van der Waals surface area contributed by atoms with Crippen molar-refractivity contribution < 1.29 is 8.83 Å². The lowest BCUT2D eigenvalue weighted by atomic mass is 10.0. The normalized spacial score (nSPS) is 11.9. The molecule has 220 valence electrons. The Morgan fingerprint density at radius 2 is 1.06 bits per heavy atom. The first-order chi connectivity index (χ1) is 23.2. The van der Waals surface area contributed by atoms with Gasteiger partial charge in [0, 0.05) is 38.2 Å². The molecule has 3 aromatic heterocycles. The molecule has 0 atom stereocenters. The summed E-state index contributed by atoms with van der Waals surface area (Å²) in [6, 6.07) is 45.0. The van der Waals surface area contributed by atoms with Crippen molar-refractivity contribution in [2.24, 2.45) is 0 Å². The molecule has 0 spiro atoms. The van der Waals surface area contributed by atoms with Crippen molar-refractivity contribution >= 4 is 77.0 Å². The minimum atomic E-state index is 0.459. The SMILES string of the molecule is Clc1c(-c2nc(-c3ccc4ccccc4c3)nc(-c3ccc4oc5ccccc5c4c3)n2)ccc2c1oc1ccc3ccccc3c12. The lowest BCUT2D eigenvalue weighted by Gasteiger charge is -2.10. The number of halogens is 1. The topological polar surface area (TPSA) is 65.0 Å². The first-order valence-corrected chi connectivity index (χ1v) is 15.8. The van der Waals surface area contributed by atoms with E-state index in [-0.39, 0.29) is 0 Å². The van der Waals surface area contributed by atoms with Gasteiger partial charge in [-0.05, 0) is 70.1 Å². The zero-order valence-electron chi connectivity index (χ0n) is 24.7. The number of fused-ring (bicyclic) bond motifs is 9. The number of rotatable bonds is 3. The van der Waals surface area contributed by atoms with E-state index < -0.39 is 0 Å². The minimum absolute atomic E-state index is 0.459. The summed E-state index contributed by atoms with van der Waals surface area (Å²) in [6.07, 6.45) is 0. The lowest BCUT2D eigenvalue weighted by molar-refractivity contribution is 0.668. The molecule has 0 fully saturated rings. The van der Waals surface area contributed by atoms with E-state index in [4.69, 9.17) is 35.4 Å². The molecule has 0 unspecified atom stereocenters. The molecule has 0 N–H and O–H groups in total. The van der Waals surface area contributed by atoms with Gasteiger partial charge < -0.3 is 8.83 Å². The van der Waals surface area contributed by atoms with E-state index in [0.717, 1.165) is 71.0 Å². The van der Waals surface area contributed by atoms with Crippen molar-refractivity contribution in [2.75, 3.05) is 0 Å². The van der Waals surface area contributed by atoms with Gasteiger partial charge in [0.2, 0.25) is 0 Å². The number of hydrogen-bond acceptors (Lipinski definition) is 5. The summed E-state index contributed by atoms with van der Waals surface area (Å²) in [6.45, 7) is 0. The number of furan rings is 2. The van der Waals surface area contributed by atoms with Crippen molar-refractivity contribution in [3.8, 4) is 34.2 Å². The van der Waals surface area contributed by atoms with Gasteiger partial charge in [-0.15, -0.1) is 0 Å². The molecule has 0 aliphatic carbocycles. The van der Waals surface area contributed by atoms with Crippen LogP contribution in [0.3, 0.4) is 0 Å². The van der Waals surface area contributed by atoms with Gasteiger partial charge in [-0.25, -0.2) is 15.0 Å². The van der Waals surface area contributed by atoms with E-state index in [0.29, 0.717) is 33.6 Å². The fourth-order valence-corrected chi connectivity index (χ4v) is 6.99. The fourth-order valence-electron chi connectivity index (χ4n) is 6.70. The Hall–Kier alpha value is -6.04. The number of aromatic nitrogens is 3. The molecule has 7 aromatic carbocycles. The van der Waals surface area contributed by atoms with Crippen LogP contribution in [0.1, 0.15) is 0 Å². The Morgan fingerprint density at radius 1 is 0.426 bits per heavy atom. The Morgan fingerprint density at radius 3 is 1.94 bits per heavy atom. The zero-order valence-corrected chi connectivity index (χ0v) is 25.5. The Kier molecular flexibility index (Phi) is 5.56. The van der Waals surface area contributed by atoms with Crippen LogP contribution in [0.15, 0.2) is 142 Å². The molecule has 5 nitrogen and oxygen atoms in total. The predicted octanol–water partition coefficient (Wildman–Crippen LogP) is 11.6. The molecule has 10 aromatic rings. The van der Waals surface area contributed by atoms with E-state index in [1.54, 1.807) is 0 Å². The van der Waals surface area contributed by atoms with Gasteiger partial charge in [0.05, 0.1) is 5.02 Å². The van der Waals surface area contributed by atoms with Crippen LogP contribution in [-0.2, 0) is 0 Å². The summed E-state index contributed by atoms with van der Waals surface area (Å²) in [5.74, 6) is 1.56. The van der Waals surface area contributed by atoms with Crippen molar-refractivity contribution in [2.45, 2.75) is 0 Å². The van der Waals surface area contributed by atoms with Crippen LogP contribution in [0.4, 0.5) is 0 Å². The van der Waals surface area contributed by atoms with Crippen molar-refractivity contribution in [3.05, 3.63) is 138 Å². The summed E-state index contributed by atoms with van der Waals surface area (Å²) in [5.41, 5.74) is 5.44. The molecule has 0 saturated heterocycles. The Bertz CT molecular complexity index is 2890. The van der Waals surface area contributed by atoms with Gasteiger partial charge in [-0.3, -0.25) is 0 Å². The summed E-state index contributed by atoms with van der Waals surface area (Å²) in [7, 11) is 0. The number of nitrogens with zero attached hydrogens (tertiary/aromatic N) is 3. The second kappa shape index (κ2) is 9.98. The second-order valence-corrected chi connectivity index (χ2v) is 12.1. The first-order valence-electron chi connectivity index (χ1n) is 15.4. The molecule has 0 aliphatic rings. The standard InChI is InChI=1S/C41H22ClN3O2/c42-37-31(18-17-30-36-28-10-4-3-8-24(28)15-20-35(36)47-38(30)37)41-44-39(26-14-13-23-7-1-2-9-25(23)21-26)43-40(45-41)27-16-19-34-32(22-27)29-11-5-6-12-33(29)46-34/h1-22H. The number of hydrogen-bond donors (Lipinski definition) is 0. The van der Waals surface area contributed by atoms with E-state index >= 15 is 0 Å². The van der Waals surface area contributed by atoms with Crippen LogP contribution >= 0.6 is 11.6 Å². The van der Waals surface area contributed by atoms with Gasteiger partial charge in [0.25, 0.3) is 0 Å². The molecule has 47 heavy (non-hydrogen) atoms. The lowest BCUT2D eigenvalue weighted by Crippen LogP contribution is -2.00. The van der Waals surface area contributed by atoms with Gasteiger partial charge in [0.1, 0.15) is 16.7 Å². The summed E-state index contributed by atoms with van der Waals surface area (Å²) >= 11 is 7.20. The van der Waals surface area contributed by atoms with Crippen molar-refractivity contribution in [1.82, 2.24) is 15.0 Å². The molecule has 0 saturated carbocycles. The molecule has 10 rings (SSSR count). The molecule has 3 heterocycles. The van der Waals surface area contributed by atoms with Crippen LogP contribution in [0, 0.1) is 0 Å². The minimum Gasteiger partial charge on any atom is -0.456 e. The van der Waals surface area contributed by atoms with Gasteiger partial charge in [-0.1, -0.05) is 96.5 Å². The van der Waals surface area contributed by atoms with E-state index in [9.17, 15) is 0 Å². The third-order valence-electron chi connectivity index (χ3n) is 8.99. The van der Waals surface area contributed by atoms with Gasteiger partial charge in [0.15, 0.2) is 23.1 Å². The van der Waals surface area contributed by atoms with Crippen LogP contribution in [0.25, 0.3) is 99.6 Å². The van der Waals surface area contributed by atoms with Crippen molar-refractivity contribution in [3.63, 3.8) is 0 Å². The summed E-state index contributed by atoms with van der Waals surface area (Å²) < 4.78 is 12.5. The summed E-state index contributed by atoms with van der Waals surface area (Å²) in [4.78, 5) is 15.1. The third-order valence-corrected chi connectivity index (χ3v) is 9.36. The first kappa shape index (κ1) is 26.2. The summed E-state index contributed by atoms with van der Waals surface area (Å²) in [5, 5.41) is 9.01. The monoisotopic (exact) mass is 623 g/mol. The Labute approximate surface area is 272 Å². The van der Waals surface area contributed by atoms with E-state index in [1.807, 2.05) is 72.8 Å². The maximum absolute atomic E-state index is 7.20. The highest BCUT2D eigenvalue weighted by Crippen LogP contribution is 2.42. The molecule has 0 radical (unpaired) electrons. The van der Waals surface area contributed by atoms with Crippen LogP contribution in [0.2, 0.25) is 5.02 Å². The molecular formula is C41H22ClN3O2. The van der Waals surface area contributed by atoms with Crippen LogP contribution < -0.4 is 0 Å². The highest BCUT2D eigenvalue weighted by atomic mass is 35.5. The van der Waals surface area contributed by atoms with Crippen LogP contribution in [-0.4, -0.2) is 15.0 Å². The average molecular weight is 624 g/mol. The number of para-hydroxylation sites is 1. The fraction of sp³-hybridized carbons (Fsp3) is 0. The molecule has 0 amide bonds. The zero-order chi connectivity index (χ0) is 31.1. The van der Waals surface area contributed by atoms with E-state index in [2.05, 4.69) is 60.7 Å². The smallest absolute Gasteiger partial charge is 0.165 e. The molecule has 0 bridgehead atoms.